The monoisotopic (exact) mass is 396 g/mol. The lowest BCUT2D eigenvalue weighted by molar-refractivity contribution is 0.0995. The van der Waals surface area contributed by atoms with Gasteiger partial charge in [-0.1, -0.05) is 13.8 Å². The largest absolute Gasteiger partial charge is 0.489 e. The summed E-state index contributed by atoms with van der Waals surface area (Å²) in [6.45, 7) is 8.95. The molecule has 1 aliphatic heterocycles. The first-order chi connectivity index (χ1) is 13.8. The van der Waals surface area contributed by atoms with E-state index in [9.17, 15) is 9.59 Å². The lowest BCUT2D eigenvalue weighted by Gasteiger charge is -2.30. The molecule has 1 aliphatic rings. The van der Waals surface area contributed by atoms with Crippen LogP contribution >= 0.6 is 0 Å². The van der Waals surface area contributed by atoms with Gasteiger partial charge in [0.05, 0.1) is 17.3 Å². The summed E-state index contributed by atoms with van der Waals surface area (Å²) in [5, 5.41) is 7.26. The van der Waals surface area contributed by atoms with Gasteiger partial charge in [0.2, 0.25) is 11.9 Å². The molecule has 152 valence electrons. The van der Waals surface area contributed by atoms with Crippen molar-refractivity contribution >= 4 is 28.8 Å². The molecule has 0 saturated carbocycles. The van der Waals surface area contributed by atoms with Crippen LogP contribution in [-0.4, -0.2) is 37.8 Å². The molecule has 3 aromatic rings. The lowest BCUT2D eigenvalue weighted by atomic mass is 10.0. The predicted molar refractivity (Wildman–Crippen MR) is 108 cm³/mol. The minimum atomic E-state index is -0.555. The van der Waals surface area contributed by atoms with Crippen molar-refractivity contribution in [2.75, 3.05) is 11.9 Å². The zero-order valence-corrected chi connectivity index (χ0v) is 16.9. The van der Waals surface area contributed by atoms with Gasteiger partial charge in [0.25, 0.3) is 5.91 Å². The average molecular weight is 396 g/mol. The summed E-state index contributed by atoms with van der Waals surface area (Å²) in [5.41, 5.74) is 8.31. The molecule has 4 rings (SSSR count). The van der Waals surface area contributed by atoms with Gasteiger partial charge in [-0.25, -0.2) is 4.98 Å². The van der Waals surface area contributed by atoms with Gasteiger partial charge in [0, 0.05) is 12.1 Å². The van der Waals surface area contributed by atoms with Crippen LogP contribution in [0.1, 0.15) is 53.4 Å². The van der Waals surface area contributed by atoms with E-state index >= 15 is 0 Å². The number of nitrogens with one attached hydrogen (secondary N) is 1. The molecule has 0 saturated heterocycles. The van der Waals surface area contributed by atoms with Crippen LogP contribution in [0.5, 0.6) is 5.75 Å². The van der Waals surface area contributed by atoms with Gasteiger partial charge in [-0.3, -0.25) is 24.2 Å². The van der Waals surface area contributed by atoms with Crippen LogP contribution in [0.4, 0.5) is 5.95 Å². The zero-order valence-electron chi connectivity index (χ0n) is 16.9. The molecule has 0 aliphatic carbocycles. The van der Waals surface area contributed by atoms with E-state index in [0.29, 0.717) is 41.6 Å². The Bertz CT molecular complexity index is 1130. The molecular weight excluding hydrogens is 372 g/mol. The number of nitrogens with zero attached hydrogens (tertiary/aromatic N) is 4. The van der Waals surface area contributed by atoms with Crippen molar-refractivity contribution in [1.29, 1.82) is 0 Å². The Morgan fingerprint density at radius 3 is 2.76 bits per heavy atom. The van der Waals surface area contributed by atoms with E-state index in [-0.39, 0.29) is 17.9 Å². The number of carbonyl (C=O) groups excluding carboxylic acids is 2. The highest BCUT2D eigenvalue weighted by molar-refractivity contribution is 6.04. The Morgan fingerprint density at radius 2 is 2.10 bits per heavy atom. The number of imidazole rings is 1. The molecular formula is C20H24N6O3. The van der Waals surface area contributed by atoms with E-state index in [1.807, 2.05) is 18.4 Å². The molecule has 2 amide bonds. The van der Waals surface area contributed by atoms with Crippen molar-refractivity contribution in [3.05, 3.63) is 35.2 Å². The second kappa shape index (κ2) is 6.91. The van der Waals surface area contributed by atoms with Gasteiger partial charge in [-0.2, -0.15) is 5.10 Å². The van der Waals surface area contributed by atoms with Crippen LogP contribution in [0, 0.1) is 12.8 Å². The van der Waals surface area contributed by atoms with Gasteiger partial charge in [0.15, 0.2) is 0 Å². The molecule has 9 heteroatoms. The van der Waals surface area contributed by atoms with Crippen LogP contribution in [0.25, 0.3) is 11.0 Å². The van der Waals surface area contributed by atoms with E-state index in [1.165, 1.54) is 0 Å². The maximum absolute atomic E-state index is 13.0. The summed E-state index contributed by atoms with van der Waals surface area (Å²) >= 11 is 0. The van der Waals surface area contributed by atoms with Gasteiger partial charge in [-0.05, 0) is 38.0 Å². The fourth-order valence-corrected chi connectivity index (χ4v) is 3.73. The maximum atomic E-state index is 13.0. The Hall–Kier alpha value is -3.36. The van der Waals surface area contributed by atoms with Crippen molar-refractivity contribution in [1.82, 2.24) is 19.3 Å². The highest BCUT2D eigenvalue weighted by Gasteiger charge is 2.31. The number of anilines is 1. The quantitative estimate of drug-likeness (QED) is 0.687. The highest BCUT2D eigenvalue weighted by Crippen LogP contribution is 2.39. The summed E-state index contributed by atoms with van der Waals surface area (Å²) in [6, 6.07) is 4.98. The number of rotatable bonds is 5. The average Bonchev–Trinajstić information content (AvgIpc) is 3.23. The molecule has 3 N–H and O–H groups in total. The minimum absolute atomic E-state index is 0.0138. The number of primary amides is 1. The molecule has 0 unspecified atom stereocenters. The van der Waals surface area contributed by atoms with E-state index in [0.717, 1.165) is 11.2 Å². The van der Waals surface area contributed by atoms with Crippen molar-refractivity contribution < 1.29 is 14.3 Å². The van der Waals surface area contributed by atoms with Crippen molar-refractivity contribution in [2.24, 2.45) is 11.7 Å². The van der Waals surface area contributed by atoms with Crippen LogP contribution < -0.4 is 15.8 Å². The number of hydrogen-bond acceptors (Lipinski definition) is 5. The van der Waals surface area contributed by atoms with Gasteiger partial charge in [-0.15, -0.1) is 0 Å². The van der Waals surface area contributed by atoms with E-state index < -0.39 is 5.91 Å². The number of aryl methyl sites for hydroxylation is 2. The third-order valence-electron chi connectivity index (χ3n) is 5.21. The Morgan fingerprint density at radius 1 is 1.34 bits per heavy atom. The zero-order chi connectivity index (χ0) is 20.9. The molecule has 0 bridgehead atoms. The molecule has 1 aromatic carbocycles. The minimum Gasteiger partial charge on any atom is -0.489 e. The second-order valence-electron chi connectivity index (χ2n) is 7.57. The SMILES string of the molecule is CCn1nc(C)cc1C(=O)Nc1nc2cc(C(N)=O)cc3c2n1[C@@H](C(C)C)CO3. The summed E-state index contributed by atoms with van der Waals surface area (Å²) in [4.78, 5) is 29.3. The standard InChI is InChI=1S/C20H24N6O3/c1-5-25-14(6-11(4)24-25)19(28)23-20-22-13-7-12(18(21)27)8-16-17(13)26(20)15(9-29-16)10(2)3/h6-8,10,15H,5,9H2,1-4H3,(H2,21,27)(H,22,23,28)/t15-/m1/s1. The fraction of sp³-hybridized carbons (Fsp3) is 0.400. The molecule has 3 heterocycles. The summed E-state index contributed by atoms with van der Waals surface area (Å²) < 4.78 is 9.55. The van der Waals surface area contributed by atoms with Crippen molar-refractivity contribution in [3.63, 3.8) is 0 Å². The smallest absolute Gasteiger partial charge is 0.276 e. The highest BCUT2D eigenvalue weighted by atomic mass is 16.5. The van der Waals surface area contributed by atoms with E-state index in [2.05, 4.69) is 29.2 Å². The Labute approximate surface area is 167 Å². The van der Waals surface area contributed by atoms with Crippen LogP contribution in [-0.2, 0) is 6.54 Å². The molecule has 1 atom stereocenters. The predicted octanol–water partition coefficient (Wildman–Crippen LogP) is 2.50. The van der Waals surface area contributed by atoms with E-state index in [1.54, 1.807) is 22.9 Å². The van der Waals surface area contributed by atoms with Gasteiger partial charge >= 0.3 is 0 Å². The maximum Gasteiger partial charge on any atom is 0.276 e. The topological polar surface area (TPSA) is 117 Å². The molecule has 0 spiro atoms. The molecule has 29 heavy (non-hydrogen) atoms. The molecule has 9 nitrogen and oxygen atoms in total. The summed E-state index contributed by atoms with van der Waals surface area (Å²) in [6.07, 6.45) is 0. The lowest BCUT2D eigenvalue weighted by Crippen LogP contribution is -2.29. The van der Waals surface area contributed by atoms with Crippen LogP contribution in [0.2, 0.25) is 0 Å². The van der Waals surface area contributed by atoms with Crippen LogP contribution in [0.3, 0.4) is 0 Å². The number of hydrogen-bond donors (Lipinski definition) is 2. The van der Waals surface area contributed by atoms with Gasteiger partial charge < -0.3 is 10.5 Å². The number of nitrogens with two attached hydrogens (primary N) is 1. The molecule has 2 aromatic heterocycles. The summed E-state index contributed by atoms with van der Waals surface area (Å²) in [7, 11) is 0. The number of ether oxygens (including phenoxy) is 1. The van der Waals surface area contributed by atoms with Gasteiger partial charge in [0.1, 0.15) is 23.6 Å². The number of carbonyl (C=O) groups is 2. The first kappa shape index (κ1) is 19.0. The first-order valence-corrected chi connectivity index (χ1v) is 9.64. The number of amides is 2. The second-order valence-corrected chi connectivity index (χ2v) is 7.57. The van der Waals surface area contributed by atoms with Crippen molar-refractivity contribution in [3.8, 4) is 5.75 Å². The third-order valence-corrected chi connectivity index (χ3v) is 5.21. The normalized spacial score (nSPS) is 15.6. The molecule has 0 fully saturated rings. The summed E-state index contributed by atoms with van der Waals surface area (Å²) in [5.74, 6) is 0.354. The third kappa shape index (κ3) is 3.12. The van der Waals surface area contributed by atoms with Crippen LogP contribution in [0.15, 0.2) is 18.2 Å². The number of aromatic nitrogens is 4. The van der Waals surface area contributed by atoms with Crippen molar-refractivity contribution in [2.45, 2.75) is 40.3 Å². The van der Waals surface area contributed by atoms with E-state index in [4.69, 9.17) is 10.5 Å². The number of benzene rings is 1. The fourth-order valence-electron chi connectivity index (χ4n) is 3.73. The first-order valence-electron chi connectivity index (χ1n) is 9.64. The Kier molecular flexibility index (Phi) is 4.52. The molecule has 0 radical (unpaired) electrons. The Balaban J connectivity index is 1.84.